The Labute approximate surface area is 117 Å². The molecular formula is C14H21F3N2O. The number of amides is 1. The van der Waals surface area contributed by atoms with Crippen LogP contribution in [-0.4, -0.2) is 36.6 Å². The molecule has 1 amide bonds. The molecular weight excluding hydrogens is 269 g/mol. The Morgan fingerprint density at radius 3 is 2.40 bits per heavy atom. The van der Waals surface area contributed by atoms with Crippen LogP contribution in [0.2, 0.25) is 0 Å². The summed E-state index contributed by atoms with van der Waals surface area (Å²) in [6, 6.07) is 0. The summed E-state index contributed by atoms with van der Waals surface area (Å²) in [5.74, 6) is -0.0582. The predicted octanol–water partition coefficient (Wildman–Crippen LogP) is 2.62. The van der Waals surface area contributed by atoms with Crippen molar-refractivity contribution in [2.75, 3.05) is 19.6 Å². The molecule has 0 spiro atoms. The zero-order valence-electron chi connectivity index (χ0n) is 11.5. The van der Waals surface area contributed by atoms with E-state index in [0.29, 0.717) is 0 Å². The molecule has 0 aromatic carbocycles. The van der Waals surface area contributed by atoms with E-state index in [1.807, 2.05) is 0 Å². The topological polar surface area (TPSA) is 46.3 Å². The Balaban J connectivity index is 2.06. The van der Waals surface area contributed by atoms with Gasteiger partial charge in [-0.15, -0.1) is 0 Å². The molecule has 0 aromatic heterocycles. The molecule has 1 saturated carbocycles. The van der Waals surface area contributed by atoms with Crippen molar-refractivity contribution in [2.45, 2.75) is 44.7 Å². The number of nitrogens with two attached hydrogens (primary N) is 1. The Bertz CT molecular complexity index is 398. The maximum atomic E-state index is 12.6. The van der Waals surface area contributed by atoms with E-state index in [1.54, 1.807) is 0 Å². The highest BCUT2D eigenvalue weighted by atomic mass is 19.4. The van der Waals surface area contributed by atoms with Crippen LogP contribution in [0.4, 0.5) is 13.2 Å². The van der Waals surface area contributed by atoms with Gasteiger partial charge in [-0.3, -0.25) is 4.79 Å². The van der Waals surface area contributed by atoms with E-state index in [0.717, 1.165) is 38.2 Å². The van der Waals surface area contributed by atoms with Crippen LogP contribution in [0.1, 0.15) is 38.5 Å². The van der Waals surface area contributed by atoms with Gasteiger partial charge in [0.15, 0.2) is 0 Å². The smallest absolute Gasteiger partial charge is 0.338 e. The van der Waals surface area contributed by atoms with Gasteiger partial charge in [0.25, 0.3) is 0 Å². The number of rotatable bonds is 2. The fourth-order valence-corrected chi connectivity index (χ4v) is 3.18. The first-order valence-electron chi connectivity index (χ1n) is 7.15. The third-order valence-corrected chi connectivity index (χ3v) is 4.52. The molecule has 0 radical (unpaired) electrons. The van der Waals surface area contributed by atoms with Crippen LogP contribution in [0.3, 0.4) is 0 Å². The number of hydrogen-bond donors (Lipinski definition) is 1. The molecule has 1 aliphatic carbocycles. The van der Waals surface area contributed by atoms with Crippen molar-refractivity contribution in [1.29, 1.82) is 0 Å². The molecule has 6 heteroatoms. The SMILES string of the molecule is NCC1(C(=O)N2CC=C(C(F)(F)F)CC2)CCCCC1. The quantitative estimate of drug-likeness (QED) is 0.795. The summed E-state index contributed by atoms with van der Waals surface area (Å²) in [5, 5.41) is 0. The molecule has 1 aliphatic heterocycles. The molecule has 0 atom stereocenters. The van der Waals surface area contributed by atoms with E-state index >= 15 is 0 Å². The molecule has 2 N–H and O–H groups in total. The number of hydrogen-bond acceptors (Lipinski definition) is 2. The van der Waals surface area contributed by atoms with E-state index in [1.165, 1.54) is 4.90 Å². The first kappa shape index (κ1) is 15.4. The van der Waals surface area contributed by atoms with E-state index in [-0.39, 0.29) is 32.0 Å². The van der Waals surface area contributed by atoms with Crippen LogP contribution >= 0.6 is 0 Å². The van der Waals surface area contributed by atoms with Crippen molar-refractivity contribution in [3.63, 3.8) is 0 Å². The van der Waals surface area contributed by atoms with Crippen LogP contribution in [-0.2, 0) is 4.79 Å². The largest absolute Gasteiger partial charge is 0.412 e. The second kappa shape index (κ2) is 5.76. The molecule has 114 valence electrons. The maximum Gasteiger partial charge on any atom is 0.412 e. The maximum absolute atomic E-state index is 12.6. The lowest BCUT2D eigenvalue weighted by molar-refractivity contribution is -0.144. The van der Waals surface area contributed by atoms with Crippen molar-refractivity contribution < 1.29 is 18.0 Å². The summed E-state index contributed by atoms with van der Waals surface area (Å²) in [6.07, 6.45) is 1.31. The molecule has 0 unspecified atom stereocenters. The lowest BCUT2D eigenvalue weighted by atomic mass is 9.73. The van der Waals surface area contributed by atoms with Gasteiger partial charge in [-0.25, -0.2) is 0 Å². The minimum absolute atomic E-state index is 0.0510. The van der Waals surface area contributed by atoms with Crippen LogP contribution in [0.5, 0.6) is 0 Å². The van der Waals surface area contributed by atoms with Crippen LogP contribution < -0.4 is 5.73 Å². The zero-order chi connectivity index (χ0) is 14.8. The summed E-state index contributed by atoms with van der Waals surface area (Å²) in [7, 11) is 0. The van der Waals surface area contributed by atoms with Gasteiger partial charge in [0.05, 0.1) is 5.41 Å². The predicted molar refractivity (Wildman–Crippen MR) is 69.9 cm³/mol. The third kappa shape index (κ3) is 3.00. The fraction of sp³-hybridized carbons (Fsp3) is 0.786. The Morgan fingerprint density at radius 1 is 1.30 bits per heavy atom. The number of alkyl halides is 3. The Kier molecular flexibility index (Phi) is 4.42. The highest BCUT2D eigenvalue weighted by Crippen LogP contribution is 2.38. The van der Waals surface area contributed by atoms with Gasteiger partial charge in [-0.05, 0) is 19.3 Å². The average molecular weight is 290 g/mol. The highest BCUT2D eigenvalue weighted by Gasteiger charge is 2.42. The van der Waals surface area contributed by atoms with Gasteiger partial charge < -0.3 is 10.6 Å². The monoisotopic (exact) mass is 290 g/mol. The number of carbonyl (C=O) groups is 1. The fourth-order valence-electron chi connectivity index (χ4n) is 3.18. The number of nitrogens with zero attached hydrogens (tertiary/aromatic N) is 1. The first-order valence-corrected chi connectivity index (χ1v) is 7.15. The second-order valence-electron chi connectivity index (χ2n) is 5.77. The van der Waals surface area contributed by atoms with Crippen LogP contribution in [0.15, 0.2) is 11.6 Å². The molecule has 0 saturated heterocycles. The second-order valence-corrected chi connectivity index (χ2v) is 5.77. The lowest BCUT2D eigenvalue weighted by Gasteiger charge is -2.40. The summed E-state index contributed by atoms with van der Waals surface area (Å²) in [4.78, 5) is 14.1. The normalized spacial score (nSPS) is 23.4. The van der Waals surface area contributed by atoms with E-state index in [9.17, 15) is 18.0 Å². The van der Waals surface area contributed by atoms with Gasteiger partial charge in [0.2, 0.25) is 5.91 Å². The zero-order valence-corrected chi connectivity index (χ0v) is 11.5. The van der Waals surface area contributed by atoms with Crippen molar-refractivity contribution in [1.82, 2.24) is 4.90 Å². The average Bonchev–Trinajstić information content (AvgIpc) is 2.46. The lowest BCUT2D eigenvalue weighted by Crippen LogP contribution is -2.50. The minimum atomic E-state index is -4.27. The molecule has 2 rings (SSSR count). The highest BCUT2D eigenvalue weighted by molar-refractivity contribution is 5.83. The summed E-state index contributed by atoms with van der Waals surface area (Å²) >= 11 is 0. The molecule has 1 heterocycles. The molecule has 20 heavy (non-hydrogen) atoms. The molecule has 1 fully saturated rings. The first-order chi connectivity index (χ1) is 9.39. The van der Waals surface area contributed by atoms with Crippen molar-refractivity contribution >= 4 is 5.91 Å². The van der Waals surface area contributed by atoms with Crippen LogP contribution in [0.25, 0.3) is 0 Å². The molecule has 2 aliphatic rings. The van der Waals surface area contributed by atoms with Gasteiger partial charge in [-0.1, -0.05) is 25.3 Å². The van der Waals surface area contributed by atoms with E-state index < -0.39 is 17.2 Å². The summed E-state index contributed by atoms with van der Waals surface area (Å²) in [6.45, 7) is 0.486. The van der Waals surface area contributed by atoms with Crippen molar-refractivity contribution in [3.05, 3.63) is 11.6 Å². The standard InChI is InChI=1S/C14H21F3N2O/c15-14(16,17)11-4-8-19(9-5-11)12(20)13(10-18)6-2-1-3-7-13/h4H,1-3,5-10,18H2. The minimum Gasteiger partial charge on any atom is -0.338 e. The number of carbonyl (C=O) groups excluding carboxylic acids is 1. The van der Waals surface area contributed by atoms with E-state index in [2.05, 4.69) is 0 Å². The van der Waals surface area contributed by atoms with Gasteiger partial charge in [-0.2, -0.15) is 13.2 Å². The summed E-state index contributed by atoms with van der Waals surface area (Å²) < 4.78 is 37.7. The molecule has 3 nitrogen and oxygen atoms in total. The Hall–Kier alpha value is -1.04. The van der Waals surface area contributed by atoms with Crippen molar-refractivity contribution in [3.8, 4) is 0 Å². The molecule has 0 aromatic rings. The summed E-state index contributed by atoms with van der Waals surface area (Å²) in [5.41, 5.74) is 4.74. The van der Waals surface area contributed by atoms with Crippen LogP contribution in [0, 0.1) is 5.41 Å². The van der Waals surface area contributed by atoms with Crippen molar-refractivity contribution in [2.24, 2.45) is 11.1 Å². The van der Waals surface area contributed by atoms with Gasteiger partial charge in [0.1, 0.15) is 0 Å². The Morgan fingerprint density at radius 2 is 1.95 bits per heavy atom. The third-order valence-electron chi connectivity index (χ3n) is 4.52. The molecule has 0 bridgehead atoms. The van der Waals surface area contributed by atoms with Gasteiger partial charge >= 0.3 is 6.18 Å². The number of halogens is 3. The van der Waals surface area contributed by atoms with Gasteiger partial charge in [0, 0.05) is 25.2 Å². The van der Waals surface area contributed by atoms with E-state index in [4.69, 9.17) is 5.73 Å².